The highest BCUT2D eigenvalue weighted by Gasteiger charge is 2.38. The average molecular weight is 411 g/mol. The number of ether oxygens (including phenoxy) is 2. The van der Waals surface area contributed by atoms with E-state index in [1.54, 1.807) is 4.68 Å². The van der Waals surface area contributed by atoms with Gasteiger partial charge in [-0.2, -0.15) is 5.10 Å². The molecule has 2 saturated heterocycles. The largest absolute Gasteiger partial charge is 0.493 e. The van der Waals surface area contributed by atoms with Gasteiger partial charge in [0.1, 0.15) is 5.75 Å². The first kappa shape index (κ1) is 19.6. The van der Waals surface area contributed by atoms with Crippen LogP contribution < -0.4 is 4.74 Å². The minimum atomic E-state index is -0.133. The van der Waals surface area contributed by atoms with Gasteiger partial charge in [0, 0.05) is 43.9 Å². The summed E-state index contributed by atoms with van der Waals surface area (Å²) in [6, 6.07) is 5.69. The van der Waals surface area contributed by atoms with Crippen molar-refractivity contribution in [2.24, 2.45) is 7.05 Å². The first-order valence-corrected chi connectivity index (χ1v) is 11.1. The molecule has 160 valence electrons. The smallest absolute Gasteiger partial charge is 0.254 e. The van der Waals surface area contributed by atoms with E-state index in [4.69, 9.17) is 9.47 Å². The summed E-state index contributed by atoms with van der Waals surface area (Å²) in [6.45, 7) is 4.91. The van der Waals surface area contributed by atoms with E-state index < -0.39 is 0 Å². The Hall–Kier alpha value is -2.38. The summed E-state index contributed by atoms with van der Waals surface area (Å²) < 4.78 is 13.7. The lowest BCUT2D eigenvalue weighted by Gasteiger charge is -2.43. The van der Waals surface area contributed by atoms with Gasteiger partial charge >= 0.3 is 0 Å². The molecule has 1 amide bonds. The van der Waals surface area contributed by atoms with Crippen molar-refractivity contribution in [3.63, 3.8) is 0 Å². The highest BCUT2D eigenvalue weighted by molar-refractivity contribution is 5.95. The van der Waals surface area contributed by atoms with Crippen molar-refractivity contribution in [1.29, 1.82) is 0 Å². The standard InChI is InChI=1S/C23H30N4O3/c1-25-15-19(14-24-25)22-21(16-26-8-3-2-4-9-26)30-12-10-27(22)23(28)18-5-6-20-17(13-18)7-11-29-20/h5-6,13-15,21-22H,2-4,7-12,16H2,1H3/t21-,22-/m0/s1. The van der Waals surface area contributed by atoms with E-state index in [9.17, 15) is 4.79 Å². The molecule has 0 spiro atoms. The van der Waals surface area contributed by atoms with Crippen LogP contribution in [-0.4, -0.2) is 71.0 Å². The number of carbonyl (C=O) groups is 1. The topological polar surface area (TPSA) is 59.8 Å². The molecule has 1 aromatic carbocycles. The lowest BCUT2D eigenvalue weighted by molar-refractivity contribution is -0.0741. The number of hydrogen-bond acceptors (Lipinski definition) is 5. The minimum absolute atomic E-state index is 0.0530. The average Bonchev–Trinajstić information content (AvgIpc) is 3.42. The zero-order valence-corrected chi connectivity index (χ0v) is 17.6. The highest BCUT2D eigenvalue weighted by atomic mass is 16.5. The molecular formula is C23H30N4O3. The Morgan fingerprint density at radius 2 is 2.03 bits per heavy atom. The SMILES string of the molecule is Cn1cc([C@H]2[C@H](CN3CCCCC3)OCCN2C(=O)c2ccc3c(c2)CCO3)cn1. The van der Waals surface area contributed by atoms with Gasteiger partial charge in [0.15, 0.2) is 0 Å². The minimum Gasteiger partial charge on any atom is -0.493 e. The summed E-state index contributed by atoms with van der Waals surface area (Å²) >= 11 is 0. The summed E-state index contributed by atoms with van der Waals surface area (Å²) in [4.78, 5) is 18.1. The molecule has 4 heterocycles. The molecule has 0 N–H and O–H groups in total. The number of amides is 1. The molecular weight excluding hydrogens is 380 g/mol. The second-order valence-corrected chi connectivity index (χ2v) is 8.58. The fraction of sp³-hybridized carbons (Fsp3) is 0.565. The van der Waals surface area contributed by atoms with E-state index in [2.05, 4.69) is 10.00 Å². The Morgan fingerprint density at radius 1 is 1.17 bits per heavy atom. The second-order valence-electron chi connectivity index (χ2n) is 8.58. The molecule has 0 aliphatic carbocycles. The van der Waals surface area contributed by atoms with Crippen LogP contribution in [0, 0.1) is 0 Å². The van der Waals surface area contributed by atoms with Crippen molar-refractivity contribution in [3.05, 3.63) is 47.3 Å². The van der Waals surface area contributed by atoms with Crippen LogP contribution in [0.25, 0.3) is 0 Å². The second kappa shape index (κ2) is 8.40. The zero-order chi connectivity index (χ0) is 20.5. The Bertz CT molecular complexity index is 906. The van der Waals surface area contributed by atoms with Gasteiger partial charge in [0.05, 0.1) is 31.6 Å². The number of fused-ring (bicyclic) bond motifs is 1. The number of carbonyl (C=O) groups excluding carboxylic acids is 1. The van der Waals surface area contributed by atoms with E-state index in [0.717, 1.165) is 48.5 Å². The van der Waals surface area contributed by atoms with Gasteiger partial charge in [-0.1, -0.05) is 6.42 Å². The van der Waals surface area contributed by atoms with E-state index >= 15 is 0 Å². The van der Waals surface area contributed by atoms with E-state index in [1.807, 2.05) is 42.5 Å². The van der Waals surface area contributed by atoms with Crippen molar-refractivity contribution < 1.29 is 14.3 Å². The van der Waals surface area contributed by atoms with Gasteiger partial charge in [-0.15, -0.1) is 0 Å². The predicted molar refractivity (Wildman–Crippen MR) is 113 cm³/mol. The van der Waals surface area contributed by atoms with Crippen LogP contribution in [-0.2, 0) is 18.2 Å². The molecule has 3 aliphatic heterocycles. The summed E-state index contributed by atoms with van der Waals surface area (Å²) in [5, 5.41) is 4.38. The summed E-state index contributed by atoms with van der Waals surface area (Å²) in [5.74, 6) is 0.964. The third kappa shape index (κ3) is 3.84. The first-order chi connectivity index (χ1) is 14.7. The normalized spacial score (nSPS) is 24.5. The van der Waals surface area contributed by atoms with Gasteiger partial charge in [0.2, 0.25) is 0 Å². The number of likely N-dealkylation sites (tertiary alicyclic amines) is 1. The molecule has 0 saturated carbocycles. The molecule has 2 atom stereocenters. The Kier molecular flexibility index (Phi) is 5.48. The molecule has 7 nitrogen and oxygen atoms in total. The number of nitrogens with zero attached hydrogens (tertiary/aromatic N) is 4. The van der Waals surface area contributed by atoms with E-state index in [1.165, 1.54) is 19.3 Å². The monoisotopic (exact) mass is 410 g/mol. The molecule has 0 radical (unpaired) electrons. The van der Waals surface area contributed by atoms with Gasteiger partial charge in [0.25, 0.3) is 5.91 Å². The van der Waals surface area contributed by atoms with Crippen LogP contribution in [0.1, 0.15) is 46.8 Å². The van der Waals surface area contributed by atoms with Crippen molar-refractivity contribution >= 4 is 5.91 Å². The highest BCUT2D eigenvalue weighted by Crippen LogP contribution is 2.33. The summed E-state index contributed by atoms with van der Waals surface area (Å²) in [6.07, 6.45) is 8.49. The Labute approximate surface area is 177 Å². The van der Waals surface area contributed by atoms with Gasteiger partial charge < -0.3 is 19.3 Å². The summed E-state index contributed by atoms with van der Waals surface area (Å²) in [5.41, 5.74) is 2.89. The van der Waals surface area contributed by atoms with E-state index in [0.29, 0.717) is 19.8 Å². The fourth-order valence-electron chi connectivity index (χ4n) is 4.98. The molecule has 30 heavy (non-hydrogen) atoms. The molecule has 0 bridgehead atoms. The number of piperidine rings is 1. The van der Waals surface area contributed by atoms with Gasteiger partial charge in [-0.3, -0.25) is 9.48 Å². The molecule has 5 rings (SSSR count). The predicted octanol–water partition coefficient (Wildman–Crippen LogP) is 2.42. The van der Waals surface area contributed by atoms with E-state index in [-0.39, 0.29) is 18.1 Å². The van der Waals surface area contributed by atoms with Crippen LogP contribution in [0.2, 0.25) is 0 Å². The summed E-state index contributed by atoms with van der Waals surface area (Å²) in [7, 11) is 1.92. The first-order valence-electron chi connectivity index (χ1n) is 11.1. The molecule has 0 unspecified atom stereocenters. The number of hydrogen-bond donors (Lipinski definition) is 0. The third-order valence-electron chi connectivity index (χ3n) is 6.50. The number of rotatable bonds is 4. The maximum atomic E-state index is 13.6. The van der Waals surface area contributed by atoms with Crippen LogP contribution in [0.15, 0.2) is 30.6 Å². The number of morpholine rings is 1. The molecule has 1 aromatic heterocycles. The van der Waals surface area contributed by atoms with Gasteiger partial charge in [-0.05, 0) is 49.7 Å². The Balaban J connectivity index is 1.43. The molecule has 2 fully saturated rings. The number of aryl methyl sites for hydroxylation is 1. The van der Waals surface area contributed by atoms with Crippen molar-refractivity contribution in [3.8, 4) is 5.75 Å². The lowest BCUT2D eigenvalue weighted by Crippen LogP contribution is -2.52. The van der Waals surface area contributed by atoms with Gasteiger partial charge in [-0.25, -0.2) is 0 Å². The molecule has 3 aliphatic rings. The quantitative estimate of drug-likeness (QED) is 0.775. The number of benzene rings is 1. The Morgan fingerprint density at radius 3 is 2.83 bits per heavy atom. The zero-order valence-electron chi connectivity index (χ0n) is 17.6. The lowest BCUT2D eigenvalue weighted by atomic mass is 9.98. The van der Waals surface area contributed by atoms with Crippen LogP contribution >= 0.6 is 0 Å². The van der Waals surface area contributed by atoms with Crippen molar-refractivity contribution in [2.45, 2.75) is 37.8 Å². The molecule has 2 aromatic rings. The number of aromatic nitrogens is 2. The molecule has 7 heteroatoms. The third-order valence-corrected chi connectivity index (χ3v) is 6.50. The van der Waals surface area contributed by atoms with Crippen molar-refractivity contribution in [2.75, 3.05) is 39.4 Å². The van der Waals surface area contributed by atoms with Crippen molar-refractivity contribution in [1.82, 2.24) is 19.6 Å². The fourth-order valence-corrected chi connectivity index (χ4v) is 4.98. The maximum Gasteiger partial charge on any atom is 0.254 e. The van der Waals surface area contributed by atoms with Crippen LogP contribution in [0.4, 0.5) is 0 Å². The van der Waals surface area contributed by atoms with Crippen LogP contribution in [0.3, 0.4) is 0 Å². The van der Waals surface area contributed by atoms with Crippen LogP contribution in [0.5, 0.6) is 5.75 Å². The maximum absolute atomic E-state index is 13.6.